The molecule has 0 aliphatic carbocycles. The normalized spacial score (nSPS) is 11.6. The van der Waals surface area contributed by atoms with E-state index in [1.54, 1.807) is 24.3 Å². The third-order valence-corrected chi connectivity index (χ3v) is 3.43. The van der Waals surface area contributed by atoms with Crippen molar-refractivity contribution in [2.45, 2.75) is 12.5 Å². The van der Waals surface area contributed by atoms with Crippen molar-refractivity contribution in [2.24, 2.45) is 5.73 Å². The third kappa shape index (κ3) is 4.93. The minimum Gasteiger partial charge on any atom is -0.465 e. The van der Waals surface area contributed by atoms with Crippen LogP contribution >= 0.6 is 0 Å². The van der Waals surface area contributed by atoms with Crippen molar-refractivity contribution in [3.63, 3.8) is 0 Å². The van der Waals surface area contributed by atoms with Gasteiger partial charge in [-0.1, -0.05) is 30.3 Å². The Morgan fingerprint density at radius 1 is 1.04 bits per heavy atom. The molecule has 5 nitrogen and oxygen atoms in total. The molecule has 0 unspecified atom stereocenters. The average molecular weight is 312 g/mol. The van der Waals surface area contributed by atoms with Gasteiger partial charge in [-0.25, -0.2) is 4.79 Å². The fourth-order valence-electron chi connectivity index (χ4n) is 2.19. The molecule has 0 fully saturated rings. The summed E-state index contributed by atoms with van der Waals surface area (Å²) >= 11 is 0. The minimum absolute atomic E-state index is 0.157. The first-order chi connectivity index (χ1) is 11.1. The van der Waals surface area contributed by atoms with E-state index in [1.165, 1.54) is 7.11 Å². The summed E-state index contributed by atoms with van der Waals surface area (Å²) in [7, 11) is 1.32. The van der Waals surface area contributed by atoms with Crippen LogP contribution in [0.3, 0.4) is 0 Å². The second-order valence-electron chi connectivity index (χ2n) is 5.23. The fourth-order valence-corrected chi connectivity index (χ4v) is 2.19. The molecule has 2 aromatic carbocycles. The molecular weight excluding hydrogens is 292 g/mol. The zero-order chi connectivity index (χ0) is 16.7. The van der Waals surface area contributed by atoms with Gasteiger partial charge in [-0.05, 0) is 36.2 Å². The highest BCUT2D eigenvalue weighted by Gasteiger charge is 2.10. The molecule has 0 heterocycles. The van der Waals surface area contributed by atoms with Crippen molar-refractivity contribution in [1.29, 1.82) is 0 Å². The molecule has 5 heteroatoms. The Labute approximate surface area is 135 Å². The van der Waals surface area contributed by atoms with Crippen LogP contribution < -0.4 is 11.1 Å². The molecule has 0 aliphatic heterocycles. The molecular formula is C18H20N2O3. The number of carbonyl (C=O) groups excluding carboxylic acids is 2. The lowest BCUT2D eigenvalue weighted by Gasteiger charge is -2.13. The Balaban J connectivity index is 1.85. The fraction of sp³-hybridized carbons (Fsp3) is 0.222. The first kappa shape index (κ1) is 16.7. The number of hydrogen-bond acceptors (Lipinski definition) is 4. The second kappa shape index (κ2) is 8.10. The van der Waals surface area contributed by atoms with Crippen LogP contribution in [0.2, 0.25) is 0 Å². The number of methoxy groups -OCH3 is 1. The first-order valence-corrected chi connectivity index (χ1v) is 7.36. The van der Waals surface area contributed by atoms with Crippen LogP contribution in [0.5, 0.6) is 0 Å². The third-order valence-electron chi connectivity index (χ3n) is 3.43. The van der Waals surface area contributed by atoms with E-state index in [0.717, 1.165) is 5.56 Å². The van der Waals surface area contributed by atoms with Gasteiger partial charge in [0.05, 0.1) is 12.7 Å². The molecule has 0 saturated heterocycles. The number of carbonyl (C=O) groups is 2. The molecule has 1 atom stereocenters. The number of benzene rings is 2. The predicted octanol–water partition coefficient (Wildman–Crippen LogP) is 1.77. The van der Waals surface area contributed by atoms with Gasteiger partial charge in [-0.2, -0.15) is 0 Å². The number of amides is 1. The number of nitrogens with two attached hydrogens (primary N) is 1. The van der Waals surface area contributed by atoms with Gasteiger partial charge in [0.15, 0.2) is 0 Å². The number of nitrogens with one attached hydrogen (secondary N) is 1. The van der Waals surface area contributed by atoms with E-state index in [2.05, 4.69) is 10.1 Å². The van der Waals surface area contributed by atoms with Crippen molar-refractivity contribution >= 4 is 11.9 Å². The van der Waals surface area contributed by atoms with Crippen molar-refractivity contribution in [2.75, 3.05) is 13.7 Å². The lowest BCUT2D eigenvalue weighted by atomic mass is 10.1. The van der Waals surface area contributed by atoms with E-state index in [4.69, 9.17) is 5.73 Å². The molecule has 0 saturated carbocycles. The number of ether oxygens (including phenoxy) is 1. The van der Waals surface area contributed by atoms with Crippen molar-refractivity contribution < 1.29 is 14.3 Å². The van der Waals surface area contributed by atoms with Gasteiger partial charge in [0.2, 0.25) is 0 Å². The highest BCUT2D eigenvalue weighted by Crippen LogP contribution is 2.06. The van der Waals surface area contributed by atoms with Gasteiger partial charge in [-0.15, -0.1) is 0 Å². The zero-order valence-corrected chi connectivity index (χ0v) is 13.0. The van der Waals surface area contributed by atoms with Gasteiger partial charge in [-0.3, -0.25) is 4.79 Å². The lowest BCUT2D eigenvalue weighted by Crippen LogP contribution is -2.38. The van der Waals surface area contributed by atoms with E-state index in [1.807, 2.05) is 30.3 Å². The first-order valence-electron chi connectivity index (χ1n) is 7.36. The Kier molecular flexibility index (Phi) is 5.88. The molecule has 0 spiro atoms. The SMILES string of the molecule is COC(=O)c1ccc(C(=O)NC[C@H](N)Cc2ccccc2)cc1. The summed E-state index contributed by atoms with van der Waals surface area (Å²) < 4.78 is 4.62. The highest BCUT2D eigenvalue weighted by molar-refractivity contribution is 5.96. The standard InChI is InChI=1S/C18H20N2O3/c1-23-18(22)15-9-7-14(8-10-15)17(21)20-12-16(19)11-13-5-3-2-4-6-13/h2-10,16H,11-12,19H2,1H3,(H,20,21)/t16-/m1/s1. The summed E-state index contributed by atoms with van der Waals surface area (Å²) in [5.41, 5.74) is 8.06. The largest absolute Gasteiger partial charge is 0.465 e. The molecule has 1 amide bonds. The highest BCUT2D eigenvalue weighted by atomic mass is 16.5. The Hall–Kier alpha value is -2.66. The second-order valence-corrected chi connectivity index (χ2v) is 5.23. The average Bonchev–Trinajstić information content (AvgIpc) is 2.60. The van der Waals surface area contributed by atoms with E-state index in [0.29, 0.717) is 24.1 Å². The summed E-state index contributed by atoms with van der Waals surface area (Å²) in [6.07, 6.45) is 0.697. The Bertz CT molecular complexity index is 654. The Morgan fingerprint density at radius 3 is 2.26 bits per heavy atom. The maximum absolute atomic E-state index is 12.1. The van der Waals surface area contributed by atoms with Gasteiger partial charge < -0.3 is 15.8 Å². The zero-order valence-electron chi connectivity index (χ0n) is 13.0. The van der Waals surface area contributed by atoms with Crippen LogP contribution in [-0.4, -0.2) is 31.6 Å². The Morgan fingerprint density at radius 2 is 1.65 bits per heavy atom. The number of esters is 1. The van der Waals surface area contributed by atoms with Crippen LogP contribution in [0.1, 0.15) is 26.3 Å². The van der Waals surface area contributed by atoms with Crippen LogP contribution in [0, 0.1) is 0 Å². The maximum atomic E-state index is 12.1. The summed E-state index contributed by atoms with van der Waals surface area (Å²) in [5, 5.41) is 2.80. The molecule has 0 radical (unpaired) electrons. The predicted molar refractivity (Wildman–Crippen MR) is 88.2 cm³/mol. The summed E-state index contributed by atoms with van der Waals surface area (Å²) in [6.45, 7) is 0.381. The van der Waals surface area contributed by atoms with Crippen LogP contribution in [0.25, 0.3) is 0 Å². The van der Waals surface area contributed by atoms with Gasteiger partial charge in [0, 0.05) is 18.2 Å². The molecule has 2 aromatic rings. The summed E-state index contributed by atoms with van der Waals surface area (Å²) in [5.74, 6) is -0.647. The van der Waals surface area contributed by atoms with Crippen molar-refractivity contribution in [1.82, 2.24) is 5.32 Å². The number of hydrogen-bond donors (Lipinski definition) is 2. The molecule has 0 aliphatic rings. The summed E-state index contributed by atoms with van der Waals surface area (Å²) in [4.78, 5) is 23.4. The smallest absolute Gasteiger partial charge is 0.337 e. The molecule has 23 heavy (non-hydrogen) atoms. The van der Waals surface area contributed by atoms with Gasteiger partial charge >= 0.3 is 5.97 Å². The molecule has 2 rings (SSSR count). The molecule has 0 aromatic heterocycles. The maximum Gasteiger partial charge on any atom is 0.337 e. The minimum atomic E-state index is -0.429. The van der Waals surface area contributed by atoms with E-state index in [9.17, 15) is 9.59 Å². The van der Waals surface area contributed by atoms with Crippen LogP contribution in [0.4, 0.5) is 0 Å². The quantitative estimate of drug-likeness (QED) is 0.797. The van der Waals surface area contributed by atoms with Crippen molar-refractivity contribution in [3.8, 4) is 0 Å². The van der Waals surface area contributed by atoms with Crippen molar-refractivity contribution in [3.05, 3.63) is 71.3 Å². The van der Waals surface area contributed by atoms with Crippen LogP contribution in [0.15, 0.2) is 54.6 Å². The molecule has 120 valence electrons. The van der Waals surface area contributed by atoms with Crippen LogP contribution in [-0.2, 0) is 11.2 Å². The monoisotopic (exact) mass is 312 g/mol. The lowest BCUT2D eigenvalue weighted by molar-refractivity contribution is 0.0600. The van der Waals surface area contributed by atoms with Gasteiger partial charge in [0.1, 0.15) is 0 Å². The molecule has 0 bridgehead atoms. The van der Waals surface area contributed by atoms with E-state index < -0.39 is 5.97 Å². The van der Waals surface area contributed by atoms with E-state index >= 15 is 0 Å². The van der Waals surface area contributed by atoms with Gasteiger partial charge in [0.25, 0.3) is 5.91 Å². The number of rotatable bonds is 6. The topological polar surface area (TPSA) is 81.4 Å². The molecule has 3 N–H and O–H groups in total. The summed E-state index contributed by atoms with van der Waals surface area (Å²) in [6, 6.07) is 16.0. The van der Waals surface area contributed by atoms with E-state index in [-0.39, 0.29) is 11.9 Å².